The molecular weight excluding hydrogens is 222 g/mol. The van der Waals surface area contributed by atoms with Gasteiger partial charge in [0.25, 0.3) is 0 Å². The van der Waals surface area contributed by atoms with Crippen LogP contribution in [0.5, 0.6) is 0 Å². The third kappa shape index (κ3) is 1.56. The molecular formula is C15H15N3. The van der Waals surface area contributed by atoms with Crippen molar-refractivity contribution in [1.29, 1.82) is 0 Å². The van der Waals surface area contributed by atoms with E-state index >= 15 is 0 Å². The average Bonchev–Trinajstić information content (AvgIpc) is 2.68. The summed E-state index contributed by atoms with van der Waals surface area (Å²) in [5.41, 5.74) is 11.5. The van der Waals surface area contributed by atoms with Crippen molar-refractivity contribution in [2.24, 2.45) is 0 Å². The Hall–Kier alpha value is -2.29. The quantitative estimate of drug-likeness (QED) is 0.706. The van der Waals surface area contributed by atoms with Crippen molar-refractivity contribution in [2.45, 2.75) is 13.8 Å². The molecule has 90 valence electrons. The second-order valence-corrected chi connectivity index (χ2v) is 4.58. The summed E-state index contributed by atoms with van der Waals surface area (Å²) >= 11 is 0. The van der Waals surface area contributed by atoms with Gasteiger partial charge in [-0.25, -0.2) is 4.98 Å². The standard InChI is InChI=1S/C15H15N3/c1-10-7-8-11(2)14(9-10)18-13-6-4-3-5-12(13)17-15(18)16/h3-9H,1-2H3,(H2,16,17). The van der Waals surface area contributed by atoms with Crippen molar-refractivity contribution in [3.63, 3.8) is 0 Å². The molecule has 1 aromatic heterocycles. The molecule has 2 aromatic carbocycles. The molecule has 0 amide bonds. The smallest absolute Gasteiger partial charge is 0.205 e. The molecule has 3 nitrogen and oxygen atoms in total. The molecule has 0 radical (unpaired) electrons. The lowest BCUT2D eigenvalue weighted by molar-refractivity contribution is 1.08. The van der Waals surface area contributed by atoms with E-state index in [4.69, 9.17) is 5.73 Å². The first-order valence-corrected chi connectivity index (χ1v) is 5.97. The van der Waals surface area contributed by atoms with E-state index in [0.717, 1.165) is 16.7 Å². The van der Waals surface area contributed by atoms with Gasteiger partial charge < -0.3 is 5.73 Å². The fraction of sp³-hybridized carbons (Fsp3) is 0.133. The SMILES string of the molecule is Cc1ccc(C)c(-n2c(N)nc3ccccc32)c1. The van der Waals surface area contributed by atoms with Gasteiger partial charge in [0, 0.05) is 0 Å². The zero-order valence-corrected chi connectivity index (χ0v) is 10.5. The van der Waals surface area contributed by atoms with Crippen LogP contribution in [0.3, 0.4) is 0 Å². The van der Waals surface area contributed by atoms with Crippen molar-refractivity contribution in [1.82, 2.24) is 9.55 Å². The van der Waals surface area contributed by atoms with Crippen LogP contribution in [0.2, 0.25) is 0 Å². The second kappa shape index (κ2) is 3.88. The molecule has 3 heteroatoms. The van der Waals surface area contributed by atoms with Gasteiger partial charge in [0.2, 0.25) is 5.95 Å². The van der Waals surface area contributed by atoms with Crippen LogP contribution in [0, 0.1) is 13.8 Å². The summed E-state index contributed by atoms with van der Waals surface area (Å²) in [6.45, 7) is 4.17. The summed E-state index contributed by atoms with van der Waals surface area (Å²) in [6.07, 6.45) is 0. The maximum absolute atomic E-state index is 6.06. The summed E-state index contributed by atoms with van der Waals surface area (Å²) in [6, 6.07) is 14.4. The van der Waals surface area contributed by atoms with Crippen LogP contribution in [0.1, 0.15) is 11.1 Å². The first-order valence-electron chi connectivity index (χ1n) is 5.97. The van der Waals surface area contributed by atoms with Crippen molar-refractivity contribution in [2.75, 3.05) is 5.73 Å². The molecule has 0 fully saturated rings. The third-order valence-electron chi connectivity index (χ3n) is 3.19. The molecule has 0 saturated carbocycles. The van der Waals surface area contributed by atoms with Crippen LogP contribution in [0.25, 0.3) is 16.7 Å². The lowest BCUT2D eigenvalue weighted by Crippen LogP contribution is -2.02. The Bertz CT molecular complexity index is 726. The van der Waals surface area contributed by atoms with Gasteiger partial charge in [0.15, 0.2) is 0 Å². The number of nitrogen functional groups attached to an aromatic ring is 1. The predicted molar refractivity (Wildman–Crippen MR) is 75.0 cm³/mol. The molecule has 0 aliphatic rings. The third-order valence-corrected chi connectivity index (χ3v) is 3.19. The van der Waals surface area contributed by atoms with E-state index in [2.05, 4.69) is 37.0 Å². The summed E-state index contributed by atoms with van der Waals surface area (Å²) in [4.78, 5) is 4.40. The monoisotopic (exact) mass is 237 g/mol. The second-order valence-electron chi connectivity index (χ2n) is 4.58. The fourth-order valence-corrected chi connectivity index (χ4v) is 2.26. The highest BCUT2D eigenvalue weighted by Gasteiger charge is 2.11. The zero-order chi connectivity index (χ0) is 12.7. The van der Waals surface area contributed by atoms with E-state index in [1.165, 1.54) is 11.1 Å². The maximum atomic E-state index is 6.06. The number of rotatable bonds is 1. The Labute approximate surface area is 106 Å². The molecule has 2 N–H and O–H groups in total. The van der Waals surface area contributed by atoms with Crippen LogP contribution < -0.4 is 5.73 Å². The molecule has 0 bridgehead atoms. The van der Waals surface area contributed by atoms with Crippen LogP contribution in [-0.4, -0.2) is 9.55 Å². The highest BCUT2D eigenvalue weighted by molar-refractivity contribution is 5.81. The highest BCUT2D eigenvalue weighted by Crippen LogP contribution is 2.25. The van der Waals surface area contributed by atoms with E-state index < -0.39 is 0 Å². The number of fused-ring (bicyclic) bond motifs is 1. The number of aromatic nitrogens is 2. The number of benzene rings is 2. The lowest BCUT2D eigenvalue weighted by Gasteiger charge is -2.10. The number of nitrogens with zero attached hydrogens (tertiary/aromatic N) is 2. The minimum absolute atomic E-state index is 0.532. The van der Waals surface area contributed by atoms with Crippen molar-refractivity contribution in [3.8, 4) is 5.69 Å². The first kappa shape index (κ1) is 10.8. The number of imidazole rings is 1. The number of anilines is 1. The summed E-state index contributed by atoms with van der Waals surface area (Å²) in [5.74, 6) is 0.532. The van der Waals surface area contributed by atoms with Gasteiger partial charge in [0.1, 0.15) is 0 Å². The number of hydrogen-bond donors (Lipinski definition) is 1. The van der Waals surface area contributed by atoms with Gasteiger partial charge in [0.05, 0.1) is 16.7 Å². The molecule has 3 rings (SSSR count). The molecule has 3 aromatic rings. The van der Waals surface area contributed by atoms with Gasteiger partial charge in [-0.1, -0.05) is 24.3 Å². The molecule has 0 spiro atoms. The first-order chi connectivity index (χ1) is 8.66. The van der Waals surface area contributed by atoms with E-state index in [-0.39, 0.29) is 0 Å². The Balaban J connectivity index is 2.37. The van der Waals surface area contributed by atoms with Crippen LogP contribution in [-0.2, 0) is 0 Å². The molecule has 0 saturated heterocycles. The number of nitrogens with two attached hydrogens (primary N) is 1. The van der Waals surface area contributed by atoms with Crippen LogP contribution in [0.15, 0.2) is 42.5 Å². The maximum Gasteiger partial charge on any atom is 0.205 e. The van der Waals surface area contributed by atoms with Crippen molar-refractivity contribution >= 4 is 17.0 Å². The van der Waals surface area contributed by atoms with Crippen molar-refractivity contribution < 1.29 is 0 Å². The van der Waals surface area contributed by atoms with Crippen LogP contribution in [0.4, 0.5) is 5.95 Å². The van der Waals surface area contributed by atoms with Gasteiger partial charge in [-0.3, -0.25) is 4.57 Å². The van der Waals surface area contributed by atoms with Gasteiger partial charge in [-0.15, -0.1) is 0 Å². The summed E-state index contributed by atoms with van der Waals surface area (Å²) in [7, 11) is 0. The van der Waals surface area contributed by atoms with E-state index in [0.29, 0.717) is 5.95 Å². The Morgan fingerprint density at radius 3 is 2.67 bits per heavy atom. The number of hydrogen-bond acceptors (Lipinski definition) is 2. The summed E-state index contributed by atoms with van der Waals surface area (Å²) in [5, 5.41) is 0. The van der Waals surface area contributed by atoms with E-state index in [1.807, 2.05) is 28.8 Å². The molecule has 0 aliphatic carbocycles. The predicted octanol–water partition coefficient (Wildman–Crippen LogP) is 3.22. The highest BCUT2D eigenvalue weighted by atomic mass is 15.2. The van der Waals surface area contributed by atoms with Gasteiger partial charge in [-0.2, -0.15) is 0 Å². The van der Waals surface area contributed by atoms with E-state index in [9.17, 15) is 0 Å². The minimum Gasteiger partial charge on any atom is -0.369 e. The molecule has 18 heavy (non-hydrogen) atoms. The minimum atomic E-state index is 0.532. The molecule has 1 heterocycles. The Morgan fingerprint density at radius 2 is 1.83 bits per heavy atom. The zero-order valence-electron chi connectivity index (χ0n) is 10.5. The Morgan fingerprint density at radius 1 is 1.06 bits per heavy atom. The normalized spacial score (nSPS) is 11.0. The molecule has 0 unspecified atom stereocenters. The van der Waals surface area contributed by atoms with Crippen molar-refractivity contribution in [3.05, 3.63) is 53.6 Å². The average molecular weight is 237 g/mol. The van der Waals surface area contributed by atoms with Crippen LogP contribution >= 0.6 is 0 Å². The van der Waals surface area contributed by atoms with Gasteiger partial charge in [-0.05, 0) is 43.2 Å². The summed E-state index contributed by atoms with van der Waals surface area (Å²) < 4.78 is 2.01. The number of para-hydroxylation sites is 2. The topological polar surface area (TPSA) is 43.8 Å². The molecule has 0 aliphatic heterocycles. The lowest BCUT2D eigenvalue weighted by atomic mass is 10.1. The van der Waals surface area contributed by atoms with E-state index in [1.54, 1.807) is 0 Å². The molecule has 0 atom stereocenters. The number of aryl methyl sites for hydroxylation is 2. The fourth-order valence-electron chi connectivity index (χ4n) is 2.26. The van der Waals surface area contributed by atoms with Gasteiger partial charge >= 0.3 is 0 Å². The Kier molecular flexibility index (Phi) is 2.33. The largest absolute Gasteiger partial charge is 0.369 e.